The summed E-state index contributed by atoms with van der Waals surface area (Å²) < 4.78 is 13.9. The maximum Gasteiger partial charge on any atom is 0.128 e. The fourth-order valence-electron chi connectivity index (χ4n) is 1.93. The van der Waals surface area contributed by atoms with Gasteiger partial charge in [-0.1, -0.05) is 18.5 Å². The number of hydrogen-bond acceptors (Lipinski definition) is 2. The Morgan fingerprint density at radius 1 is 1.33 bits per heavy atom. The first kappa shape index (κ1) is 13.5. The maximum absolute atomic E-state index is 13.9. The Labute approximate surface area is 116 Å². The van der Waals surface area contributed by atoms with Crippen molar-refractivity contribution in [3.63, 3.8) is 0 Å². The molecule has 2 aromatic rings. The van der Waals surface area contributed by atoms with Crippen LogP contribution in [0, 0.1) is 5.82 Å². The molecule has 0 aliphatic carbocycles. The lowest BCUT2D eigenvalue weighted by Crippen LogP contribution is -2.17. The Hall–Kier alpha value is -0.900. The van der Waals surface area contributed by atoms with E-state index in [9.17, 15) is 4.39 Å². The minimum absolute atomic E-state index is 0.144. The molecule has 0 saturated carbocycles. The van der Waals surface area contributed by atoms with Gasteiger partial charge in [-0.05, 0) is 43.8 Å². The van der Waals surface area contributed by atoms with Gasteiger partial charge in [-0.25, -0.2) is 4.39 Å². The third-order valence-electron chi connectivity index (χ3n) is 2.87. The SMILES string of the molecule is CCc1ccc(C(NC)c2cc(Cl)ccc2F)s1. The lowest BCUT2D eigenvalue weighted by Gasteiger charge is -2.16. The summed E-state index contributed by atoms with van der Waals surface area (Å²) in [5, 5.41) is 3.71. The monoisotopic (exact) mass is 283 g/mol. The van der Waals surface area contributed by atoms with Gasteiger partial charge in [0.15, 0.2) is 0 Å². The quantitative estimate of drug-likeness (QED) is 0.876. The van der Waals surface area contributed by atoms with Crippen LogP contribution in [0.2, 0.25) is 5.02 Å². The van der Waals surface area contributed by atoms with E-state index in [0.29, 0.717) is 10.6 Å². The Kier molecular flexibility index (Phi) is 4.38. The molecule has 0 fully saturated rings. The molecule has 0 amide bonds. The van der Waals surface area contributed by atoms with Gasteiger partial charge in [0.2, 0.25) is 0 Å². The molecule has 1 N–H and O–H groups in total. The molecular formula is C14H15ClFNS. The lowest BCUT2D eigenvalue weighted by molar-refractivity contribution is 0.579. The summed E-state index contributed by atoms with van der Waals surface area (Å²) in [7, 11) is 1.83. The van der Waals surface area contributed by atoms with Gasteiger partial charge in [-0.2, -0.15) is 0 Å². The number of rotatable bonds is 4. The van der Waals surface area contributed by atoms with Gasteiger partial charge >= 0.3 is 0 Å². The minimum Gasteiger partial charge on any atom is -0.309 e. The molecular weight excluding hydrogens is 269 g/mol. The summed E-state index contributed by atoms with van der Waals surface area (Å²) >= 11 is 7.65. The summed E-state index contributed by atoms with van der Waals surface area (Å²) in [5.41, 5.74) is 0.592. The van der Waals surface area contributed by atoms with Crippen LogP contribution in [0.15, 0.2) is 30.3 Å². The Morgan fingerprint density at radius 3 is 2.72 bits per heavy atom. The van der Waals surface area contributed by atoms with Gasteiger partial charge in [-0.3, -0.25) is 0 Å². The van der Waals surface area contributed by atoms with Crippen molar-refractivity contribution in [1.29, 1.82) is 0 Å². The zero-order valence-electron chi connectivity index (χ0n) is 10.3. The van der Waals surface area contributed by atoms with E-state index in [1.165, 1.54) is 10.9 Å². The van der Waals surface area contributed by atoms with E-state index in [1.807, 2.05) is 13.1 Å². The Balaban J connectivity index is 2.41. The van der Waals surface area contributed by atoms with Gasteiger partial charge in [0.1, 0.15) is 5.82 Å². The van der Waals surface area contributed by atoms with Crippen molar-refractivity contribution in [1.82, 2.24) is 5.32 Å². The fraction of sp³-hybridized carbons (Fsp3) is 0.286. The van der Waals surface area contributed by atoms with Crippen LogP contribution < -0.4 is 5.32 Å². The minimum atomic E-state index is -0.231. The molecule has 2 rings (SSSR count). The Morgan fingerprint density at radius 2 is 2.11 bits per heavy atom. The lowest BCUT2D eigenvalue weighted by atomic mass is 10.0. The van der Waals surface area contributed by atoms with E-state index in [4.69, 9.17) is 11.6 Å². The number of halogens is 2. The molecule has 0 aliphatic rings. The fourth-order valence-corrected chi connectivity index (χ4v) is 3.19. The molecule has 0 bridgehead atoms. The summed E-state index contributed by atoms with van der Waals surface area (Å²) in [4.78, 5) is 2.41. The van der Waals surface area contributed by atoms with Crippen molar-refractivity contribution >= 4 is 22.9 Å². The van der Waals surface area contributed by atoms with E-state index in [-0.39, 0.29) is 11.9 Å². The summed E-state index contributed by atoms with van der Waals surface area (Å²) in [5.74, 6) is -0.231. The van der Waals surface area contributed by atoms with Crippen molar-refractivity contribution in [2.45, 2.75) is 19.4 Å². The van der Waals surface area contributed by atoms with Gasteiger partial charge in [0.05, 0.1) is 6.04 Å². The first-order valence-electron chi connectivity index (χ1n) is 5.86. The normalized spacial score (nSPS) is 12.7. The zero-order chi connectivity index (χ0) is 13.1. The molecule has 96 valence electrons. The number of nitrogens with one attached hydrogen (secondary N) is 1. The third-order valence-corrected chi connectivity index (χ3v) is 4.40. The van der Waals surface area contributed by atoms with Gasteiger partial charge in [-0.15, -0.1) is 11.3 Å². The first-order chi connectivity index (χ1) is 8.65. The molecule has 0 spiro atoms. The van der Waals surface area contributed by atoms with Gasteiger partial charge < -0.3 is 5.32 Å². The highest BCUT2D eigenvalue weighted by Crippen LogP contribution is 2.31. The predicted molar refractivity (Wildman–Crippen MR) is 76.0 cm³/mol. The van der Waals surface area contributed by atoms with Crippen LogP contribution in [0.1, 0.15) is 28.3 Å². The molecule has 1 heterocycles. The average molecular weight is 284 g/mol. The standard InChI is InChI=1S/C14H15ClFNS/c1-3-10-5-7-13(18-10)14(17-2)11-8-9(15)4-6-12(11)16/h4-8,14,17H,3H2,1-2H3. The van der Waals surface area contributed by atoms with E-state index < -0.39 is 0 Å². The largest absolute Gasteiger partial charge is 0.309 e. The number of thiophene rings is 1. The van der Waals surface area contributed by atoms with Crippen molar-refractivity contribution in [3.05, 3.63) is 56.5 Å². The van der Waals surface area contributed by atoms with Crippen LogP contribution in [0.3, 0.4) is 0 Å². The maximum atomic E-state index is 13.9. The van der Waals surface area contributed by atoms with E-state index >= 15 is 0 Å². The molecule has 1 nitrogen and oxygen atoms in total. The van der Waals surface area contributed by atoms with Crippen LogP contribution >= 0.6 is 22.9 Å². The van der Waals surface area contributed by atoms with Crippen molar-refractivity contribution in [2.24, 2.45) is 0 Å². The molecule has 4 heteroatoms. The zero-order valence-corrected chi connectivity index (χ0v) is 11.9. The van der Waals surface area contributed by atoms with Gasteiger partial charge in [0, 0.05) is 20.3 Å². The summed E-state index contributed by atoms with van der Waals surface area (Å²) in [6.45, 7) is 2.12. The van der Waals surface area contributed by atoms with Crippen LogP contribution in [0.4, 0.5) is 4.39 Å². The van der Waals surface area contributed by atoms with Crippen LogP contribution in [-0.2, 0) is 6.42 Å². The average Bonchev–Trinajstić information content (AvgIpc) is 2.83. The summed E-state index contributed by atoms with van der Waals surface area (Å²) in [6.07, 6.45) is 0.999. The molecule has 0 saturated heterocycles. The van der Waals surface area contributed by atoms with E-state index in [0.717, 1.165) is 11.3 Å². The summed E-state index contributed by atoms with van der Waals surface area (Å²) in [6, 6.07) is 8.66. The second-order valence-electron chi connectivity index (χ2n) is 4.05. The highest BCUT2D eigenvalue weighted by atomic mass is 35.5. The van der Waals surface area contributed by atoms with E-state index in [2.05, 4.69) is 18.3 Å². The highest BCUT2D eigenvalue weighted by Gasteiger charge is 2.18. The molecule has 1 unspecified atom stereocenters. The number of aryl methyl sites for hydroxylation is 1. The van der Waals surface area contributed by atoms with Crippen molar-refractivity contribution < 1.29 is 4.39 Å². The van der Waals surface area contributed by atoms with Crippen molar-refractivity contribution in [3.8, 4) is 0 Å². The molecule has 18 heavy (non-hydrogen) atoms. The molecule has 1 aromatic heterocycles. The molecule has 0 aliphatic heterocycles. The molecule has 0 radical (unpaired) electrons. The molecule has 1 aromatic carbocycles. The van der Waals surface area contributed by atoms with Crippen LogP contribution in [0.5, 0.6) is 0 Å². The topological polar surface area (TPSA) is 12.0 Å². The second kappa shape index (κ2) is 5.83. The Bertz CT molecular complexity index is 538. The number of hydrogen-bond donors (Lipinski definition) is 1. The van der Waals surface area contributed by atoms with Gasteiger partial charge in [0.25, 0.3) is 0 Å². The van der Waals surface area contributed by atoms with Crippen molar-refractivity contribution in [2.75, 3.05) is 7.05 Å². The van der Waals surface area contributed by atoms with Crippen LogP contribution in [-0.4, -0.2) is 7.05 Å². The number of benzene rings is 1. The first-order valence-corrected chi connectivity index (χ1v) is 7.06. The highest BCUT2D eigenvalue weighted by molar-refractivity contribution is 7.12. The van der Waals surface area contributed by atoms with E-state index in [1.54, 1.807) is 23.5 Å². The third kappa shape index (κ3) is 2.74. The smallest absolute Gasteiger partial charge is 0.128 e. The predicted octanol–water partition coefficient (Wildman–Crippen LogP) is 4.41. The second-order valence-corrected chi connectivity index (χ2v) is 5.68. The molecule has 1 atom stereocenters. The van der Waals surface area contributed by atoms with Crippen LogP contribution in [0.25, 0.3) is 0 Å².